The van der Waals surface area contributed by atoms with E-state index in [0.717, 1.165) is 31.3 Å². The van der Waals surface area contributed by atoms with E-state index in [1.807, 2.05) is 4.68 Å². The van der Waals surface area contributed by atoms with Crippen LogP contribution in [0.3, 0.4) is 0 Å². The zero-order valence-electron chi connectivity index (χ0n) is 12.4. The van der Waals surface area contributed by atoms with E-state index < -0.39 is 0 Å². The van der Waals surface area contributed by atoms with Crippen LogP contribution in [0.2, 0.25) is 0 Å². The summed E-state index contributed by atoms with van der Waals surface area (Å²) >= 11 is 0. The lowest BCUT2D eigenvalue weighted by atomic mass is 10.2. The van der Waals surface area contributed by atoms with Crippen molar-refractivity contribution in [3.8, 4) is 0 Å². The van der Waals surface area contributed by atoms with Gasteiger partial charge in [-0.15, -0.1) is 10.2 Å². The SMILES string of the molecule is Cn1c(CN2CCCC2Cn2cncn2)nnc1C1CC1. The maximum Gasteiger partial charge on any atom is 0.146 e. The average molecular weight is 287 g/mol. The number of aromatic nitrogens is 6. The molecule has 2 aromatic rings. The van der Waals surface area contributed by atoms with Gasteiger partial charge < -0.3 is 4.57 Å². The minimum absolute atomic E-state index is 0.521. The van der Waals surface area contributed by atoms with Crippen LogP contribution >= 0.6 is 0 Å². The van der Waals surface area contributed by atoms with Gasteiger partial charge in [-0.25, -0.2) is 4.98 Å². The van der Waals surface area contributed by atoms with E-state index in [-0.39, 0.29) is 0 Å². The van der Waals surface area contributed by atoms with E-state index in [4.69, 9.17) is 0 Å². The lowest BCUT2D eigenvalue weighted by Gasteiger charge is -2.23. The van der Waals surface area contributed by atoms with Gasteiger partial charge in [0.15, 0.2) is 0 Å². The highest BCUT2D eigenvalue weighted by Crippen LogP contribution is 2.38. The lowest BCUT2D eigenvalue weighted by molar-refractivity contribution is 0.212. The van der Waals surface area contributed by atoms with Crippen LogP contribution in [0.25, 0.3) is 0 Å². The van der Waals surface area contributed by atoms with Crippen LogP contribution < -0.4 is 0 Å². The summed E-state index contributed by atoms with van der Waals surface area (Å²) in [7, 11) is 2.10. The van der Waals surface area contributed by atoms with Gasteiger partial charge >= 0.3 is 0 Å². The van der Waals surface area contributed by atoms with Crippen molar-refractivity contribution in [3.63, 3.8) is 0 Å². The zero-order valence-corrected chi connectivity index (χ0v) is 12.4. The van der Waals surface area contributed by atoms with E-state index in [9.17, 15) is 0 Å². The molecule has 112 valence electrons. The van der Waals surface area contributed by atoms with Crippen LogP contribution in [0, 0.1) is 0 Å². The highest BCUT2D eigenvalue weighted by atomic mass is 15.4. The van der Waals surface area contributed by atoms with Crippen LogP contribution in [-0.4, -0.2) is 47.0 Å². The Balaban J connectivity index is 1.45. The molecule has 0 N–H and O–H groups in total. The topological polar surface area (TPSA) is 64.7 Å². The molecule has 0 bridgehead atoms. The van der Waals surface area contributed by atoms with Crippen molar-refractivity contribution < 1.29 is 0 Å². The van der Waals surface area contributed by atoms with Gasteiger partial charge in [-0.1, -0.05) is 0 Å². The molecule has 21 heavy (non-hydrogen) atoms. The predicted octanol–water partition coefficient (Wildman–Crippen LogP) is 0.949. The second-order valence-corrected chi connectivity index (χ2v) is 6.19. The van der Waals surface area contributed by atoms with Crippen LogP contribution in [0.5, 0.6) is 0 Å². The molecule has 2 fully saturated rings. The van der Waals surface area contributed by atoms with Gasteiger partial charge in [-0.05, 0) is 32.2 Å². The molecule has 2 aromatic heterocycles. The lowest BCUT2D eigenvalue weighted by Crippen LogP contribution is -2.33. The third kappa shape index (κ3) is 2.57. The normalized spacial score (nSPS) is 23.0. The summed E-state index contributed by atoms with van der Waals surface area (Å²) in [5, 5.41) is 13.0. The summed E-state index contributed by atoms with van der Waals surface area (Å²) in [6, 6.07) is 0.521. The number of hydrogen-bond donors (Lipinski definition) is 0. The van der Waals surface area contributed by atoms with Gasteiger partial charge in [0.05, 0.1) is 13.1 Å². The van der Waals surface area contributed by atoms with Crippen molar-refractivity contribution in [1.82, 2.24) is 34.4 Å². The molecule has 0 amide bonds. The number of nitrogens with zero attached hydrogens (tertiary/aromatic N) is 7. The molecular formula is C14H21N7. The third-order valence-corrected chi connectivity index (χ3v) is 4.65. The molecular weight excluding hydrogens is 266 g/mol. The summed E-state index contributed by atoms with van der Waals surface area (Å²) in [4.78, 5) is 6.53. The molecule has 1 saturated heterocycles. The number of rotatable bonds is 5. The van der Waals surface area contributed by atoms with Gasteiger partial charge in [0.1, 0.15) is 24.3 Å². The smallest absolute Gasteiger partial charge is 0.146 e. The number of hydrogen-bond acceptors (Lipinski definition) is 5. The largest absolute Gasteiger partial charge is 0.317 e. The molecule has 1 aliphatic carbocycles. The summed E-state index contributed by atoms with van der Waals surface area (Å²) in [6.07, 6.45) is 8.39. The first-order valence-corrected chi connectivity index (χ1v) is 7.76. The van der Waals surface area contributed by atoms with Crippen LogP contribution in [0.15, 0.2) is 12.7 Å². The maximum absolute atomic E-state index is 4.41. The fourth-order valence-electron chi connectivity index (χ4n) is 3.24. The van der Waals surface area contributed by atoms with Gasteiger partial charge in [0, 0.05) is 19.0 Å². The molecule has 3 heterocycles. The number of likely N-dealkylation sites (tertiary alicyclic amines) is 1. The average Bonchev–Trinajstić information content (AvgIpc) is 2.87. The Morgan fingerprint density at radius 2 is 2.14 bits per heavy atom. The minimum Gasteiger partial charge on any atom is -0.317 e. The van der Waals surface area contributed by atoms with E-state index in [1.165, 1.54) is 25.7 Å². The molecule has 0 aromatic carbocycles. The Hall–Kier alpha value is -1.76. The summed E-state index contributed by atoms with van der Waals surface area (Å²) in [5.74, 6) is 2.90. The molecule has 1 saturated carbocycles. The quantitative estimate of drug-likeness (QED) is 0.819. The Morgan fingerprint density at radius 3 is 2.90 bits per heavy atom. The van der Waals surface area contributed by atoms with Crippen molar-refractivity contribution >= 4 is 0 Å². The second kappa shape index (κ2) is 5.22. The molecule has 0 spiro atoms. The first-order chi connectivity index (χ1) is 10.3. The van der Waals surface area contributed by atoms with E-state index >= 15 is 0 Å². The fraction of sp³-hybridized carbons (Fsp3) is 0.714. The van der Waals surface area contributed by atoms with E-state index in [0.29, 0.717) is 12.0 Å². The van der Waals surface area contributed by atoms with Gasteiger partial charge in [-0.3, -0.25) is 9.58 Å². The molecule has 4 rings (SSSR count). The first-order valence-electron chi connectivity index (χ1n) is 7.76. The third-order valence-electron chi connectivity index (χ3n) is 4.65. The zero-order chi connectivity index (χ0) is 14.2. The molecule has 1 aliphatic heterocycles. The summed E-state index contributed by atoms with van der Waals surface area (Å²) < 4.78 is 4.12. The Kier molecular flexibility index (Phi) is 3.21. The van der Waals surface area contributed by atoms with Crippen LogP contribution in [-0.2, 0) is 20.1 Å². The Bertz CT molecular complexity index is 599. The molecule has 0 radical (unpaired) electrons. The first kappa shape index (κ1) is 12.9. The van der Waals surface area contributed by atoms with Gasteiger partial charge in [-0.2, -0.15) is 5.10 Å². The minimum atomic E-state index is 0.521. The summed E-state index contributed by atoms with van der Waals surface area (Å²) in [6.45, 7) is 2.92. The van der Waals surface area contributed by atoms with Crippen LogP contribution in [0.4, 0.5) is 0 Å². The van der Waals surface area contributed by atoms with Crippen molar-refractivity contribution in [2.24, 2.45) is 7.05 Å². The van der Waals surface area contributed by atoms with E-state index in [1.54, 1.807) is 12.7 Å². The van der Waals surface area contributed by atoms with Crippen molar-refractivity contribution in [2.45, 2.75) is 50.7 Å². The van der Waals surface area contributed by atoms with Gasteiger partial charge in [0.25, 0.3) is 0 Å². The Labute approximate surface area is 124 Å². The highest BCUT2D eigenvalue weighted by Gasteiger charge is 2.31. The highest BCUT2D eigenvalue weighted by molar-refractivity contribution is 5.08. The molecule has 7 heteroatoms. The molecule has 2 aliphatic rings. The monoisotopic (exact) mass is 287 g/mol. The van der Waals surface area contributed by atoms with Crippen molar-refractivity contribution in [3.05, 3.63) is 24.3 Å². The summed E-state index contributed by atoms with van der Waals surface area (Å²) in [5.41, 5.74) is 0. The second-order valence-electron chi connectivity index (χ2n) is 6.19. The molecule has 1 unspecified atom stereocenters. The standard InChI is InChI=1S/C14H21N7/c1-19-13(17-18-14(19)11-4-5-11)8-20-6-2-3-12(20)7-21-10-15-9-16-21/h9-12H,2-8H2,1H3. The fourth-order valence-corrected chi connectivity index (χ4v) is 3.24. The van der Waals surface area contributed by atoms with E-state index in [2.05, 4.69) is 36.8 Å². The Morgan fingerprint density at radius 1 is 1.24 bits per heavy atom. The maximum atomic E-state index is 4.41. The van der Waals surface area contributed by atoms with Crippen molar-refractivity contribution in [2.75, 3.05) is 6.54 Å². The van der Waals surface area contributed by atoms with Gasteiger partial charge in [0.2, 0.25) is 0 Å². The molecule has 1 atom stereocenters. The van der Waals surface area contributed by atoms with Crippen molar-refractivity contribution in [1.29, 1.82) is 0 Å². The van der Waals surface area contributed by atoms with Crippen LogP contribution in [0.1, 0.15) is 43.3 Å². The predicted molar refractivity (Wildman–Crippen MR) is 76.4 cm³/mol. The molecule has 7 nitrogen and oxygen atoms in total.